The van der Waals surface area contributed by atoms with Crippen molar-refractivity contribution in [3.63, 3.8) is 0 Å². The molecule has 0 unspecified atom stereocenters. The van der Waals surface area contributed by atoms with Crippen LogP contribution >= 0.6 is 11.6 Å². The van der Waals surface area contributed by atoms with Crippen molar-refractivity contribution in [2.45, 2.75) is 31.7 Å². The summed E-state index contributed by atoms with van der Waals surface area (Å²) in [6, 6.07) is 1.53. The molecular weight excluding hydrogens is 357 g/mol. The van der Waals surface area contributed by atoms with Crippen LogP contribution in [0.25, 0.3) is 11.0 Å². The number of nitrogens with zero attached hydrogens (tertiary/aromatic N) is 2. The van der Waals surface area contributed by atoms with Crippen LogP contribution in [0.15, 0.2) is 47.8 Å². The highest BCUT2D eigenvalue weighted by atomic mass is 35.5. The molecule has 26 heavy (non-hydrogen) atoms. The molecule has 8 heteroatoms. The van der Waals surface area contributed by atoms with Gasteiger partial charge in [-0.3, -0.25) is 4.79 Å². The van der Waals surface area contributed by atoms with Crippen LogP contribution in [0.1, 0.15) is 31.2 Å². The van der Waals surface area contributed by atoms with E-state index in [1.54, 1.807) is 12.3 Å². The molecule has 2 aromatic rings. The molecule has 0 saturated heterocycles. The summed E-state index contributed by atoms with van der Waals surface area (Å²) < 4.78 is 14.2. The van der Waals surface area contributed by atoms with Gasteiger partial charge in [0.1, 0.15) is 17.3 Å². The molecule has 0 bridgehead atoms. The van der Waals surface area contributed by atoms with E-state index in [1.807, 2.05) is 0 Å². The average Bonchev–Trinajstić information content (AvgIpc) is 3.03. The second kappa shape index (κ2) is 7.70. The number of amidine groups is 1. The largest absolute Gasteiger partial charge is 0.383 e. The first-order valence-electron chi connectivity index (χ1n) is 8.25. The van der Waals surface area contributed by atoms with Gasteiger partial charge in [0.15, 0.2) is 11.6 Å². The van der Waals surface area contributed by atoms with E-state index in [0.717, 1.165) is 18.9 Å². The van der Waals surface area contributed by atoms with Crippen LogP contribution in [0.3, 0.4) is 0 Å². The highest BCUT2D eigenvalue weighted by molar-refractivity contribution is 6.31. The number of halogens is 2. The maximum atomic E-state index is 14.2. The van der Waals surface area contributed by atoms with Crippen molar-refractivity contribution in [1.82, 2.24) is 15.3 Å². The van der Waals surface area contributed by atoms with Crippen molar-refractivity contribution in [1.29, 1.82) is 0 Å². The molecule has 1 atom stereocenters. The number of nitrogens with one attached hydrogen (secondary N) is 2. The third kappa shape index (κ3) is 3.94. The molecule has 6 nitrogen and oxygen atoms in total. The zero-order valence-corrected chi connectivity index (χ0v) is 14.8. The molecule has 2 aromatic heterocycles. The Kier molecular flexibility index (Phi) is 5.37. The lowest BCUT2D eigenvalue weighted by Gasteiger charge is -2.23. The molecule has 1 saturated carbocycles. The van der Waals surface area contributed by atoms with E-state index in [1.165, 1.54) is 6.20 Å². The highest BCUT2D eigenvalue weighted by Gasteiger charge is 2.21. The first-order valence-corrected chi connectivity index (χ1v) is 8.63. The molecular formula is C18H19ClFN5O. The van der Waals surface area contributed by atoms with Gasteiger partial charge in [-0.05, 0) is 25.0 Å². The van der Waals surface area contributed by atoms with Crippen LogP contribution in [-0.2, 0) is 4.79 Å². The number of fused-ring (bicyclic) bond motifs is 1. The summed E-state index contributed by atoms with van der Waals surface area (Å²) in [7, 11) is 0. The summed E-state index contributed by atoms with van der Waals surface area (Å²) in [5.74, 6) is -0.424. The summed E-state index contributed by atoms with van der Waals surface area (Å²) in [5, 5.41) is 4.12. The summed E-state index contributed by atoms with van der Waals surface area (Å²) in [6.07, 6.45) is 6.65. The van der Waals surface area contributed by atoms with E-state index < -0.39 is 5.83 Å². The molecule has 0 spiro atoms. The monoisotopic (exact) mass is 375 g/mol. The Morgan fingerprint density at radius 1 is 1.58 bits per heavy atom. The molecule has 4 N–H and O–H groups in total. The Balaban J connectivity index is 1.92. The van der Waals surface area contributed by atoms with E-state index in [-0.39, 0.29) is 23.5 Å². The number of carbonyl (C=O) groups is 1. The van der Waals surface area contributed by atoms with E-state index in [4.69, 9.17) is 17.3 Å². The van der Waals surface area contributed by atoms with Crippen LogP contribution in [0.2, 0.25) is 5.02 Å². The van der Waals surface area contributed by atoms with Crippen molar-refractivity contribution >= 4 is 34.3 Å². The zero-order valence-electron chi connectivity index (χ0n) is 14.1. The van der Waals surface area contributed by atoms with Crippen molar-refractivity contribution in [2.75, 3.05) is 0 Å². The van der Waals surface area contributed by atoms with E-state index in [2.05, 4.69) is 26.9 Å². The number of nitrogens with two attached hydrogens (primary N) is 1. The molecule has 3 rings (SSSR count). The van der Waals surface area contributed by atoms with Crippen LogP contribution in [0.5, 0.6) is 0 Å². The fourth-order valence-electron chi connectivity index (χ4n) is 2.96. The maximum absolute atomic E-state index is 14.2. The fourth-order valence-corrected chi connectivity index (χ4v) is 3.12. The quantitative estimate of drug-likeness (QED) is 0.424. The molecule has 1 fully saturated rings. The average molecular weight is 376 g/mol. The first-order chi connectivity index (χ1) is 12.5. The minimum atomic E-state index is -0.637. The Labute approximate surface area is 155 Å². The lowest BCUT2D eigenvalue weighted by Crippen LogP contribution is -2.34. The van der Waals surface area contributed by atoms with Gasteiger partial charge in [-0.15, -0.1) is 0 Å². The van der Waals surface area contributed by atoms with Gasteiger partial charge in [0.2, 0.25) is 0 Å². The zero-order chi connectivity index (χ0) is 18.7. The van der Waals surface area contributed by atoms with Gasteiger partial charge < -0.3 is 16.0 Å². The van der Waals surface area contributed by atoms with Gasteiger partial charge >= 0.3 is 0 Å². The first kappa shape index (κ1) is 18.1. The smallest absolute Gasteiger partial charge is 0.164 e. The van der Waals surface area contributed by atoms with E-state index in [0.29, 0.717) is 34.5 Å². The Morgan fingerprint density at radius 2 is 2.38 bits per heavy atom. The van der Waals surface area contributed by atoms with Gasteiger partial charge in [-0.2, -0.15) is 0 Å². The number of pyridine rings is 1. The number of Topliss-reactive ketones (excluding diaryl/α,β-unsaturated/α-hetero) is 1. The van der Waals surface area contributed by atoms with Crippen molar-refractivity contribution in [2.24, 2.45) is 10.7 Å². The maximum Gasteiger partial charge on any atom is 0.164 e. The molecule has 0 aliphatic heterocycles. The Hall–Kier alpha value is -2.67. The normalized spacial score (nSPS) is 19.4. The molecule has 136 valence electrons. The fraction of sp³-hybridized carbons (Fsp3) is 0.278. The lowest BCUT2D eigenvalue weighted by molar-refractivity contribution is -0.120. The van der Waals surface area contributed by atoms with Gasteiger partial charge in [0.25, 0.3) is 0 Å². The van der Waals surface area contributed by atoms with Gasteiger partial charge in [0.05, 0.1) is 5.02 Å². The molecule has 0 amide bonds. The van der Waals surface area contributed by atoms with Crippen LogP contribution < -0.4 is 11.1 Å². The number of allylic oxidation sites excluding steroid dienone is 2. The number of hydrogen-bond donors (Lipinski definition) is 3. The minimum absolute atomic E-state index is 0.0402. The number of aliphatic imine (C=N–C) groups is 1. The third-order valence-electron chi connectivity index (χ3n) is 4.23. The summed E-state index contributed by atoms with van der Waals surface area (Å²) >= 11 is 5.99. The van der Waals surface area contributed by atoms with Gasteiger partial charge in [0, 0.05) is 42.2 Å². The number of carbonyl (C=O) groups excluding carboxylic acids is 1. The molecule has 2 heterocycles. The van der Waals surface area contributed by atoms with Crippen LogP contribution in [0.4, 0.5) is 4.39 Å². The van der Waals surface area contributed by atoms with Crippen molar-refractivity contribution in [3.05, 3.63) is 53.3 Å². The second-order valence-corrected chi connectivity index (χ2v) is 6.56. The summed E-state index contributed by atoms with van der Waals surface area (Å²) in [6.45, 7) is 3.44. The van der Waals surface area contributed by atoms with E-state index in [9.17, 15) is 9.18 Å². The predicted molar refractivity (Wildman–Crippen MR) is 101 cm³/mol. The molecule has 1 aliphatic carbocycles. The number of ketones is 1. The number of rotatable bonds is 5. The number of hydrogen-bond acceptors (Lipinski definition) is 4. The van der Waals surface area contributed by atoms with Crippen LogP contribution in [0, 0.1) is 0 Å². The number of aromatic amines is 1. The predicted octanol–water partition coefficient (Wildman–Crippen LogP) is 3.35. The van der Waals surface area contributed by atoms with E-state index >= 15 is 0 Å². The lowest BCUT2D eigenvalue weighted by atomic mass is 9.94. The minimum Gasteiger partial charge on any atom is -0.383 e. The summed E-state index contributed by atoms with van der Waals surface area (Å²) in [5.41, 5.74) is 7.26. The van der Waals surface area contributed by atoms with Crippen molar-refractivity contribution < 1.29 is 9.18 Å². The SMILES string of the molecule is C=C/C(F)=C(\N=C(N)c1c[nH]c2ncc(Cl)cc12)N[C@H]1CCCC(=O)C1. The van der Waals surface area contributed by atoms with Gasteiger partial charge in [-0.1, -0.05) is 18.2 Å². The number of H-pyrrole nitrogens is 1. The topological polar surface area (TPSA) is 96.2 Å². The van der Waals surface area contributed by atoms with Gasteiger partial charge in [-0.25, -0.2) is 14.4 Å². The highest BCUT2D eigenvalue weighted by Crippen LogP contribution is 2.22. The van der Waals surface area contributed by atoms with Crippen LogP contribution in [-0.4, -0.2) is 27.6 Å². The number of aromatic nitrogens is 2. The van der Waals surface area contributed by atoms with Crippen molar-refractivity contribution in [3.8, 4) is 0 Å². The molecule has 0 aromatic carbocycles. The third-order valence-corrected chi connectivity index (χ3v) is 4.44. The molecule has 1 aliphatic rings. The Morgan fingerprint density at radius 3 is 3.12 bits per heavy atom. The Bertz CT molecular complexity index is 917. The second-order valence-electron chi connectivity index (χ2n) is 6.13. The molecule has 0 radical (unpaired) electrons. The summed E-state index contributed by atoms with van der Waals surface area (Å²) in [4.78, 5) is 23.0. The standard InChI is InChI=1S/C18H19ClFN5O/c1-2-15(20)18(24-11-4-3-5-12(26)7-11)25-16(21)14-9-23-17-13(14)6-10(19)8-22-17/h2,6,8-9,11,24H,1,3-5,7H2,(H2,21,25)(H,22,23)/b18-15+/t11-/m0/s1.